The minimum absolute atomic E-state index is 0.0774. The van der Waals surface area contributed by atoms with Crippen molar-refractivity contribution in [2.24, 2.45) is 0 Å². The van der Waals surface area contributed by atoms with E-state index in [1.807, 2.05) is 0 Å². The van der Waals surface area contributed by atoms with Crippen LogP contribution < -0.4 is 10.1 Å². The van der Waals surface area contributed by atoms with Gasteiger partial charge in [-0.2, -0.15) is 0 Å². The van der Waals surface area contributed by atoms with E-state index in [0.29, 0.717) is 40.4 Å². The van der Waals surface area contributed by atoms with Crippen LogP contribution >= 0.6 is 11.6 Å². The van der Waals surface area contributed by atoms with Crippen molar-refractivity contribution < 1.29 is 29.0 Å². The third-order valence-corrected chi connectivity index (χ3v) is 6.12. The number of amides is 2. The molecule has 9 heteroatoms. The van der Waals surface area contributed by atoms with Gasteiger partial charge in [-0.25, -0.2) is 0 Å². The van der Waals surface area contributed by atoms with Crippen LogP contribution in [0.25, 0.3) is 0 Å². The quantitative estimate of drug-likeness (QED) is 0.727. The van der Waals surface area contributed by atoms with Gasteiger partial charge in [-0.15, -0.1) is 0 Å². The summed E-state index contributed by atoms with van der Waals surface area (Å²) in [6, 6.07) is 11.3. The summed E-state index contributed by atoms with van der Waals surface area (Å²) in [5.41, 5.74) is 1.10. The standard InChI is InChI=1S/C23H23ClN2O6/c1-26-18-8-7-14(11-21(27)28)32-20(18)12-31-19-9-6-13(10-16(19)23(26)30)25-22(29)15-4-2-3-5-17(15)24/h2-6,9-10,14,18,20H,7-8,11-12H2,1H3,(H,25,29)(H,27,28)/t14-,18-,20+/m0/s1. The highest BCUT2D eigenvalue weighted by atomic mass is 35.5. The first-order valence-corrected chi connectivity index (χ1v) is 10.7. The molecule has 1 saturated heterocycles. The molecule has 0 unspecified atom stereocenters. The summed E-state index contributed by atoms with van der Waals surface area (Å²) >= 11 is 6.10. The molecule has 0 aromatic heterocycles. The van der Waals surface area contributed by atoms with Crippen molar-refractivity contribution >= 4 is 35.1 Å². The number of anilines is 1. The molecule has 2 N–H and O–H groups in total. The molecule has 2 aliphatic heterocycles. The topological polar surface area (TPSA) is 105 Å². The average Bonchev–Trinajstić information content (AvgIpc) is 2.76. The van der Waals surface area contributed by atoms with Crippen molar-refractivity contribution in [3.63, 3.8) is 0 Å². The monoisotopic (exact) mass is 458 g/mol. The molecule has 168 valence electrons. The number of ether oxygens (including phenoxy) is 2. The SMILES string of the molecule is CN1C(=O)c2cc(NC(=O)c3ccccc3Cl)ccc2OC[C@H]2O[C@H](CC(=O)O)CC[C@@H]21. The highest BCUT2D eigenvalue weighted by Gasteiger charge is 2.39. The largest absolute Gasteiger partial charge is 0.490 e. The number of carbonyl (C=O) groups is 3. The van der Waals surface area contributed by atoms with Crippen molar-refractivity contribution in [3.8, 4) is 5.75 Å². The molecule has 1 fully saturated rings. The van der Waals surface area contributed by atoms with Gasteiger partial charge in [0.25, 0.3) is 11.8 Å². The molecule has 8 nitrogen and oxygen atoms in total. The van der Waals surface area contributed by atoms with Gasteiger partial charge in [0.1, 0.15) is 18.5 Å². The predicted molar refractivity (Wildman–Crippen MR) is 117 cm³/mol. The fraction of sp³-hybridized carbons (Fsp3) is 0.348. The summed E-state index contributed by atoms with van der Waals surface area (Å²) in [7, 11) is 1.70. The predicted octanol–water partition coefficient (Wildman–Crippen LogP) is 3.45. The summed E-state index contributed by atoms with van der Waals surface area (Å²) < 4.78 is 11.8. The maximum Gasteiger partial charge on any atom is 0.305 e. The molecule has 3 atom stereocenters. The lowest BCUT2D eigenvalue weighted by Crippen LogP contribution is -2.53. The van der Waals surface area contributed by atoms with Crippen LogP contribution in [0.15, 0.2) is 42.5 Å². The lowest BCUT2D eigenvalue weighted by molar-refractivity contribution is -0.148. The number of halogens is 1. The molecular formula is C23H23ClN2O6. The number of aliphatic carboxylic acids is 1. The normalized spacial score (nSPS) is 22.6. The van der Waals surface area contributed by atoms with Gasteiger partial charge < -0.3 is 24.8 Å². The summed E-state index contributed by atoms with van der Waals surface area (Å²) in [6.07, 6.45) is 0.265. The second-order valence-electron chi connectivity index (χ2n) is 7.91. The highest BCUT2D eigenvalue weighted by Crippen LogP contribution is 2.32. The van der Waals surface area contributed by atoms with E-state index in [-0.39, 0.29) is 30.9 Å². The van der Waals surface area contributed by atoms with Gasteiger partial charge in [0, 0.05) is 12.7 Å². The third-order valence-electron chi connectivity index (χ3n) is 5.79. The molecule has 2 aromatic rings. The Labute approximate surface area is 190 Å². The fourth-order valence-electron chi connectivity index (χ4n) is 4.14. The van der Waals surface area contributed by atoms with Crippen LogP contribution in [-0.2, 0) is 9.53 Å². The van der Waals surface area contributed by atoms with Crippen molar-refractivity contribution in [2.45, 2.75) is 37.5 Å². The van der Waals surface area contributed by atoms with Crippen molar-refractivity contribution in [1.82, 2.24) is 4.90 Å². The molecule has 2 heterocycles. The van der Waals surface area contributed by atoms with Gasteiger partial charge in [0.05, 0.1) is 34.7 Å². The number of hydrogen-bond donors (Lipinski definition) is 2. The van der Waals surface area contributed by atoms with E-state index in [2.05, 4.69) is 5.32 Å². The summed E-state index contributed by atoms with van der Waals surface area (Å²) in [5, 5.41) is 12.2. The van der Waals surface area contributed by atoms with Crippen LogP contribution in [0.5, 0.6) is 5.75 Å². The molecule has 4 rings (SSSR count). The van der Waals surface area contributed by atoms with Crippen molar-refractivity contribution in [1.29, 1.82) is 0 Å². The van der Waals surface area contributed by atoms with Gasteiger partial charge >= 0.3 is 5.97 Å². The molecule has 0 bridgehead atoms. The molecule has 2 amide bonds. The number of rotatable bonds is 4. The summed E-state index contributed by atoms with van der Waals surface area (Å²) in [4.78, 5) is 38.5. The van der Waals surface area contributed by atoms with E-state index < -0.39 is 18.2 Å². The molecule has 0 spiro atoms. The lowest BCUT2D eigenvalue weighted by atomic mass is 9.94. The zero-order chi connectivity index (χ0) is 22.8. The highest BCUT2D eigenvalue weighted by molar-refractivity contribution is 6.34. The Morgan fingerprint density at radius 3 is 2.75 bits per heavy atom. The summed E-state index contributed by atoms with van der Waals surface area (Å²) in [5.74, 6) is -1.18. The number of carboxylic acid groups (broad SMARTS) is 1. The Morgan fingerprint density at radius 2 is 2.00 bits per heavy atom. The maximum atomic E-state index is 13.2. The minimum atomic E-state index is -0.915. The first-order valence-electron chi connectivity index (χ1n) is 10.3. The van der Waals surface area contributed by atoms with Crippen molar-refractivity contribution in [2.75, 3.05) is 19.0 Å². The van der Waals surface area contributed by atoms with Crippen LogP contribution in [0.4, 0.5) is 5.69 Å². The first kappa shape index (κ1) is 22.1. The van der Waals surface area contributed by atoms with Crippen molar-refractivity contribution in [3.05, 3.63) is 58.6 Å². The smallest absolute Gasteiger partial charge is 0.305 e. The summed E-state index contributed by atoms with van der Waals surface area (Å²) in [6.45, 7) is 0.191. The van der Waals surface area contributed by atoms with E-state index in [9.17, 15) is 14.4 Å². The van der Waals surface area contributed by atoms with Crippen LogP contribution in [0, 0.1) is 0 Å². The van der Waals surface area contributed by atoms with Gasteiger partial charge in [0.2, 0.25) is 0 Å². The number of fused-ring (bicyclic) bond motifs is 2. The number of nitrogens with one attached hydrogen (secondary N) is 1. The molecule has 32 heavy (non-hydrogen) atoms. The molecule has 0 aliphatic carbocycles. The van der Waals surface area contributed by atoms with Gasteiger partial charge in [-0.3, -0.25) is 14.4 Å². The van der Waals surface area contributed by atoms with Crippen LogP contribution in [-0.4, -0.2) is 59.7 Å². The fourth-order valence-corrected chi connectivity index (χ4v) is 4.37. The Kier molecular flexibility index (Phi) is 6.34. The molecule has 0 saturated carbocycles. The van der Waals surface area contributed by atoms with Crippen LogP contribution in [0.3, 0.4) is 0 Å². The number of likely N-dealkylation sites (N-methyl/N-ethyl adjacent to an activating group) is 1. The number of hydrogen-bond acceptors (Lipinski definition) is 5. The number of nitrogens with zero attached hydrogens (tertiary/aromatic N) is 1. The first-order chi connectivity index (χ1) is 15.3. The van der Waals surface area contributed by atoms with Crippen LogP contribution in [0.1, 0.15) is 40.0 Å². The molecule has 2 aromatic carbocycles. The number of carboxylic acids is 1. The van der Waals surface area contributed by atoms with E-state index >= 15 is 0 Å². The maximum absolute atomic E-state index is 13.2. The molecule has 0 radical (unpaired) electrons. The zero-order valence-corrected chi connectivity index (χ0v) is 18.2. The van der Waals surface area contributed by atoms with E-state index in [1.54, 1.807) is 54.4 Å². The number of benzene rings is 2. The molecule has 2 aliphatic rings. The lowest BCUT2D eigenvalue weighted by Gasteiger charge is -2.42. The second-order valence-corrected chi connectivity index (χ2v) is 8.32. The Balaban J connectivity index is 1.55. The second kappa shape index (κ2) is 9.18. The van der Waals surface area contributed by atoms with Gasteiger partial charge in [-0.05, 0) is 43.2 Å². The average molecular weight is 459 g/mol. The van der Waals surface area contributed by atoms with E-state index in [1.165, 1.54) is 0 Å². The third kappa shape index (κ3) is 4.56. The zero-order valence-electron chi connectivity index (χ0n) is 17.4. The van der Waals surface area contributed by atoms with Crippen LogP contribution in [0.2, 0.25) is 5.02 Å². The Morgan fingerprint density at radius 1 is 1.22 bits per heavy atom. The molecular weight excluding hydrogens is 436 g/mol. The minimum Gasteiger partial charge on any atom is -0.490 e. The van der Waals surface area contributed by atoms with E-state index in [0.717, 1.165) is 0 Å². The number of carbonyl (C=O) groups excluding carboxylic acids is 2. The van der Waals surface area contributed by atoms with E-state index in [4.69, 9.17) is 26.2 Å². The van der Waals surface area contributed by atoms with Gasteiger partial charge in [0.15, 0.2) is 0 Å². The van der Waals surface area contributed by atoms with Gasteiger partial charge in [-0.1, -0.05) is 23.7 Å². The Hall–Kier alpha value is -3.10. The Bertz CT molecular complexity index is 1060.